The Morgan fingerprint density at radius 2 is 1.76 bits per heavy atom. The first-order chi connectivity index (χ1) is 10.1. The summed E-state index contributed by atoms with van der Waals surface area (Å²) in [5.74, 6) is -1.15. The van der Waals surface area contributed by atoms with Gasteiger partial charge in [-0.15, -0.1) is 0 Å². The first-order valence-electron chi connectivity index (χ1n) is 6.53. The maximum Gasteiger partial charge on any atom is 0.274 e. The zero-order valence-corrected chi connectivity index (χ0v) is 11.5. The average Bonchev–Trinajstić information content (AvgIpc) is 2.49. The summed E-state index contributed by atoms with van der Waals surface area (Å²) in [6, 6.07) is 12.4. The molecule has 108 valence electrons. The Kier molecular flexibility index (Phi) is 4.66. The van der Waals surface area contributed by atoms with Gasteiger partial charge < -0.3 is 5.11 Å². The Balaban J connectivity index is 2.21. The number of phenolic OH excluding ortho intramolecular Hbond substituents is 1. The Morgan fingerprint density at radius 1 is 1.14 bits per heavy atom. The van der Waals surface area contributed by atoms with Crippen LogP contribution in [-0.4, -0.2) is 16.7 Å². The highest BCUT2D eigenvalue weighted by Crippen LogP contribution is 2.18. The molecule has 0 radical (unpaired) electrons. The third kappa shape index (κ3) is 3.45. The second-order valence-corrected chi connectivity index (χ2v) is 4.35. The first kappa shape index (κ1) is 14.7. The highest BCUT2D eigenvalue weighted by atomic mass is 19.1. The second kappa shape index (κ2) is 6.65. The Hall–Kier alpha value is -2.69. The van der Waals surface area contributed by atoms with Crippen LogP contribution in [0, 0.1) is 5.82 Å². The lowest BCUT2D eigenvalue weighted by Gasteiger charge is -2.07. The van der Waals surface area contributed by atoms with Crippen LogP contribution in [0.3, 0.4) is 0 Å². The monoisotopic (exact) mass is 286 g/mol. The van der Waals surface area contributed by atoms with Crippen molar-refractivity contribution in [3.8, 4) is 5.75 Å². The number of hydrogen-bond acceptors (Lipinski definition) is 3. The zero-order chi connectivity index (χ0) is 15.2. The molecule has 0 saturated carbocycles. The lowest BCUT2D eigenvalue weighted by Crippen LogP contribution is -2.21. The van der Waals surface area contributed by atoms with Gasteiger partial charge in [0.25, 0.3) is 5.91 Å². The molecule has 0 aliphatic heterocycles. The van der Waals surface area contributed by atoms with E-state index in [-0.39, 0.29) is 11.3 Å². The van der Waals surface area contributed by atoms with Gasteiger partial charge in [0.15, 0.2) is 0 Å². The summed E-state index contributed by atoms with van der Waals surface area (Å²) in [7, 11) is 0. The van der Waals surface area contributed by atoms with Gasteiger partial charge in [-0.3, -0.25) is 4.79 Å². The van der Waals surface area contributed by atoms with E-state index in [0.717, 1.165) is 0 Å². The van der Waals surface area contributed by atoms with Gasteiger partial charge in [0.05, 0.1) is 11.3 Å². The molecule has 0 unspecified atom stereocenters. The van der Waals surface area contributed by atoms with Crippen molar-refractivity contribution in [3.05, 3.63) is 65.5 Å². The van der Waals surface area contributed by atoms with Gasteiger partial charge in [-0.2, -0.15) is 5.10 Å². The van der Waals surface area contributed by atoms with Crippen LogP contribution in [0.15, 0.2) is 53.6 Å². The number of carbonyl (C=O) groups excluding carboxylic acids is 1. The number of nitrogens with one attached hydrogen (secondary N) is 1. The fraction of sp³-hybridized carbons (Fsp3) is 0.125. The predicted molar refractivity (Wildman–Crippen MR) is 78.8 cm³/mol. The molecule has 0 aliphatic rings. The molecule has 0 atom stereocenters. The topological polar surface area (TPSA) is 61.7 Å². The van der Waals surface area contributed by atoms with Crippen molar-refractivity contribution in [1.82, 2.24) is 5.43 Å². The van der Waals surface area contributed by atoms with Crippen LogP contribution in [0.5, 0.6) is 5.75 Å². The van der Waals surface area contributed by atoms with Crippen LogP contribution >= 0.6 is 0 Å². The standard InChI is InChI=1S/C16H15FN2O2/c1-2-14(12-8-4-6-10-15(12)20)18-19-16(21)11-7-3-5-9-13(11)17/h3-10,20H,2H2,1H3,(H,19,21)/b18-14+. The summed E-state index contributed by atoms with van der Waals surface area (Å²) in [5.41, 5.74) is 3.29. The third-order valence-corrected chi connectivity index (χ3v) is 2.96. The largest absolute Gasteiger partial charge is 0.507 e. The zero-order valence-electron chi connectivity index (χ0n) is 11.5. The smallest absolute Gasteiger partial charge is 0.274 e. The number of halogens is 1. The Bertz CT molecular complexity index is 683. The molecule has 0 heterocycles. The molecule has 0 fully saturated rings. The Labute approximate surface area is 121 Å². The highest BCUT2D eigenvalue weighted by molar-refractivity contribution is 6.03. The number of para-hydroxylation sites is 1. The van der Waals surface area contributed by atoms with E-state index in [0.29, 0.717) is 17.7 Å². The second-order valence-electron chi connectivity index (χ2n) is 4.35. The van der Waals surface area contributed by atoms with E-state index >= 15 is 0 Å². The maximum absolute atomic E-state index is 13.5. The van der Waals surface area contributed by atoms with Crippen LogP contribution in [0.1, 0.15) is 29.3 Å². The van der Waals surface area contributed by atoms with Crippen LogP contribution in [0.2, 0.25) is 0 Å². The number of carbonyl (C=O) groups is 1. The molecule has 0 bridgehead atoms. The molecule has 2 aromatic rings. The van der Waals surface area contributed by atoms with Crippen molar-refractivity contribution >= 4 is 11.6 Å². The Morgan fingerprint density at radius 3 is 2.38 bits per heavy atom. The van der Waals surface area contributed by atoms with Crippen molar-refractivity contribution in [1.29, 1.82) is 0 Å². The van der Waals surface area contributed by atoms with Gasteiger partial charge in [-0.25, -0.2) is 9.82 Å². The van der Waals surface area contributed by atoms with Crippen molar-refractivity contribution in [2.45, 2.75) is 13.3 Å². The van der Waals surface area contributed by atoms with E-state index in [4.69, 9.17) is 0 Å². The van der Waals surface area contributed by atoms with Gasteiger partial charge in [-0.1, -0.05) is 31.2 Å². The van der Waals surface area contributed by atoms with E-state index in [9.17, 15) is 14.3 Å². The molecular weight excluding hydrogens is 271 g/mol. The molecule has 2 rings (SSSR count). The maximum atomic E-state index is 13.5. The molecule has 2 aromatic carbocycles. The van der Waals surface area contributed by atoms with Crippen LogP contribution in [-0.2, 0) is 0 Å². The van der Waals surface area contributed by atoms with Crippen molar-refractivity contribution in [2.75, 3.05) is 0 Å². The molecule has 21 heavy (non-hydrogen) atoms. The summed E-state index contributed by atoms with van der Waals surface area (Å²) < 4.78 is 13.5. The van der Waals surface area contributed by atoms with E-state index in [1.54, 1.807) is 30.3 Å². The first-order valence-corrected chi connectivity index (χ1v) is 6.53. The van der Waals surface area contributed by atoms with Crippen LogP contribution in [0.25, 0.3) is 0 Å². The van der Waals surface area contributed by atoms with Gasteiger partial charge in [0.2, 0.25) is 0 Å². The summed E-state index contributed by atoms with van der Waals surface area (Å²) in [4.78, 5) is 11.9. The molecule has 5 heteroatoms. The SMILES string of the molecule is CC/C(=N\NC(=O)c1ccccc1F)c1ccccc1O. The molecule has 4 nitrogen and oxygen atoms in total. The van der Waals surface area contributed by atoms with Crippen molar-refractivity contribution < 1.29 is 14.3 Å². The number of nitrogens with zero attached hydrogens (tertiary/aromatic N) is 1. The summed E-state index contributed by atoms with van der Waals surface area (Å²) in [6.07, 6.45) is 0.509. The predicted octanol–water partition coefficient (Wildman–Crippen LogP) is 3.08. The molecule has 0 aromatic heterocycles. The molecule has 0 saturated heterocycles. The molecule has 1 amide bonds. The molecular formula is C16H15FN2O2. The summed E-state index contributed by atoms with van der Waals surface area (Å²) in [6.45, 7) is 1.85. The minimum absolute atomic E-state index is 0.0750. The van der Waals surface area contributed by atoms with Crippen LogP contribution in [0.4, 0.5) is 4.39 Å². The van der Waals surface area contributed by atoms with E-state index in [1.807, 2.05) is 6.92 Å². The quantitative estimate of drug-likeness (QED) is 0.670. The minimum atomic E-state index is -0.630. The third-order valence-electron chi connectivity index (χ3n) is 2.96. The van der Waals surface area contributed by atoms with Gasteiger partial charge in [0, 0.05) is 5.56 Å². The average molecular weight is 286 g/mol. The van der Waals surface area contributed by atoms with E-state index < -0.39 is 11.7 Å². The molecule has 2 N–H and O–H groups in total. The summed E-state index contributed by atoms with van der Waals surface area (Å²) >= 11 is 0. The van der Waals surface area contributed by atoms with Gasteiger partial charge in [0.1, 0.15) is 11.6 Å². The number of hydrogen-bond donors (Lipinski definition) is 2. The highest BCUT2D eigenvalue weighted by Gasteiger charge is 2.11. The lowest BCUT2D eigenvalue weighted by molar-refractivity contribution is 0.0950. The van der Waals surface area contributed by atoms with E-state index in [1.165, 1.54) is 18.2 Å². The van der Waals surface area contributed by atoms with E-state index in [2.05, 4.69) is 10.5 Å². The minimum Gasteiger partial charge on any atom is -0.507 e. The number of phenols is 1. The summed E-state index contributed by atoms with van der Waals surface area (Å²) in [5, 5.41) is 13.8. The fourth-order valence-corrected chi connectivity index (χ4v) is 1.87. The number of amides is 1. The van der Waals surface area contributed by atoms with Crippen molar-refractivity contribution in [3.63, 3.8) is 0 Å². The van der Waals surface area contributed by atoms with Gasteiger partial charge >= 0.3 is 0 Å². The fourth-order valence-electron chi connectivity index (χ4n) is 1.87. The number of benzene rings is 2. The number of hydrazone groups is 1. The number of rotatable bonds is 4. The molecule has 0 spiro atoms. The van der Waals surface area contributed by atoms with Crippen LogP contribution < -0.4 is 5.43 Å². The lowest BCUT2D eigenvalue weighted by atomic mass is 10.1. The molecule has 0 aliphatic carbocycles. The number of aromatic hydroxyl groups is 1. The van der Waals surface area contributed by atoms with Gasteiger partial charge in [-0.05, 0) is 30.7 Å². The van der Waals surface area contributed by atoms with Crippen molar-refractivity contribution in [2.24, 2.45) is 5.10 Å². The normalized spacial score (nSPS) is 11.2.